The molecule has 0 spiro atoms. The monoisotopic (exact) mass is 436 g/mol. The fourth-order valence-corrected chi connectivity index (χ4v) is 3.92. The van der Waals surface area contributed by atoms with Gasteiger partial charge < -0.3 is 9.47 Å². The van der Waals surface area contributed by atoms with Crippen molar-refractivity contribution in [3.05, 3.63) is 84.9 Å². The van der Waals surface area contributed by atoms with Gasteiger partial charge >= 0.3 is 0 Å². The first-order valence-electron chi connectivity index (χ1n) is 11.1. The number of benzene rings is 3. The minimum atomic E-state index is 0.425. The molecule has 0 fully saturated rings. The molecule has 0 atom stereocenters. The Morgan fingerprint density at radius 2 is 1.33 bits per heavy atom. The zero-order chi connectivity index (χ0) is 22.6. The molecule has 0 aliphatic heterocycles. The van der Waals surface area contributed by atoms with Crippen LogP contribution in [0, 0.1) is 0 Å². The van der Waals surface area contributed by atoms with Crippen molar-refractivity contribution in [2.24, 2.45) is 0 Å². The van der Waals surface area contributed by atoms with Gasteiger partial charge in [0.1, 0.15) is 11.4 Å². The number of fused-ring (bicyclic) bond motifs is 1. The van der Waals surface area contributed by atoms with Gasteiger partial charge in [-0.15, -0.1) is 10.2 Å². The van der Waals surface area contributed by atoms with Gasteiger partial charge in [0.05, 0.1) is 30.0 Å². The van der Waals surface area contributed by atoms with Crippen molar-refractivity contribution in [3.63, 3.8) is 0 Å². The summed E-state index contributed by atoms with van der Waals surface area (Å²) in [5, 5.41) is 14.9. The van der Waals surface area contributed by atoms with Crippen molar-refractivity contribution in [3.8, 4) is 39.8 Å². The molecule has 0 saturated carbocycles. The molecule has 5 rings (SSSR count). The Morgan fingerprint density at radius 3 is 1.97 bits per heavy atom. The molecule has 0 radical (unpaired) electrons. The van der Waals surface area contributed by atoms with Gasteiger partial charge in [-0.1, -0.05) is 60.7 Å². The van der Waals surface area contributed by atoms with E-state index in [0.717, 1.165) is 39.3 Å². The van der Waals surface area contributed by atoms with E-state index in [1.54, 1.807) is 0 Å². The summed E-state index contributed by atoms with van der Waals surface area (Å²) in [6, 6.07) is 28.2. The number of nitrogens with zero attached hydrogens (tertiary/aromatic N) is 4. The number of rotatable bonds is 7. The topological polar surface area (TPSA) is 62.1 Å². The highest BCUT2D eigenvalue weighted by Gasteiger charge is 2.23. The highest BCUT2D eigenvalue weighted by atomic mass is 16.5. The van der Waals surface area contributed by atoms with Gasteiger partial charge in [-0.3, -0.25) is 0 Å². The average Bonchev–Trinajstić information content (AvgIpc) is 3.27. The van der Waals surface area contributed by atoms with Gasteiger partial charge in [0, 0.05) is 11.1 Å². The van der Waals surface area contributed by atoms with E-state index < -0.39 is 0 Å². The Hall–Kier alpha value is -4.19. The van der Waals surface area contributed by atoms with E-state index in [1.807, 2.05) is 91.3 Å². The maximum Gasteiger partial charge on any atom is 0.262 e. The molecule has 0 amide bonds. The molecule has 2 aromatic heterocycles. The summed E-state index contributed by atoms with van der Waals surface area (Å²) in [5.41, 5.74) is 5.30. The molecule has 6 heteroatoms. The molecule has 0 bridgehead atoms. The second kappa shape index (κ2) is 9.12. The zero-order valence-corrected chi connectivity index (χ0v) is 18.6. The molecular formula is C27H24N4O2. The van der Waals surface area contributed by atoms with Crippen LogP contribution in [0.5, 0.6) is 11.6 Å². The predicted molar refractivity (Wildman–Crippen MR) is 130 cm³/mol. The van der Waals surface area contributed by atoms with E-state index in [9.17, 15) is 0 Å². The van der Waals surface area contributed by atoms with Crippen molar-refractivity contribution in [2.75, 3.05) is 13.2 Å². The molecule has 5 aromatic rings. The molecule has 2 heterocycles. The van der Waals surface area contributed by atoms with Crippen LogP contribution in [0.2, 0.25) is 0 Å². The predicted octanol–water partition coefficient (Wildman–Crippen LogP) is 5.95. The summed E-state index contributed by atoms with van der Waals surface area (Å²) >= 11 is 0. The first kappa shape index (κ1) is 20.7. The number of hydrogen-bond donors (Lipinski definition) is 0. The molecular weight excluding hydrogens is 412 g/mol. The van der Waals surface area contributed by atoms with Gasteiger partial charge in [0.15, 0.2) is 5.52 Å². The van der Waals surface area contributed by atoms with Gasteiger partial charge in [-0.2, -0.15) is 5.10 Å². The van der Waals surface area contributed by atoms with Gasteiger partial charge in [-0.25, -0.2) is 4.68 Å². The van der Waals surface area contributed by atoms with E-state index in [-0.39, 0.29) is 0 Å². The van der Waals surface area contributed by atoms with Crippen molar-refractivity contribution < 1.29 is 9.47 Å². The molecule has 3 aromatic carbocycles. The molecule has 0 aliphatic carbocycles. The van der Waals surface area contributed by atoms with Crippen LogP contribution in [0.3, 0.4) is 0 Å². The first-order valence-corrected chi connectivity index (χ1v) is 11.1. The molecule has 164 valence electrons. The van der Waals surface area contributed by atoms with E-state index in [4.69, 9.17) is 14.6 Å². The minimum Gasteiger partial charge on any atom is -0.494 e. The van der Waals surface area contributed by atoms with Crippen LogP contribution in [0.25, 0.3) is 39.1 Å². The lowest BCUT2D eigenvalue weighted by atomic mass is 10.0. The Bertz CT molecular complexity index is 1360. The number of ether oxygens (including phenoxy) is 2. The highest BCUT2D eigenvalue weighted by Crippen LogP contribution is 2.39. The van der Waals surface area contributed by atoms with E-state index in [2.05, 4.69) is 22.3 Å². The molecule has 0 N–H and O–H groups in total. The molecule has 0 saturated heterocycles. The summed E-state index contributed by atoms with van der Waals surface area (Å²) in [6.45, 7) is 5.00. The van der Waals surface area contributed by atoms with Gasteiger partial charge in [0.2, 0.25) is 0 Å². The summed E-state index contributed by atoms with van der Waals surface area (Å²) in [5.74, 6) is 1.25. The number of hydrogen-bond acceptors (Lipinski definition) is 5. The fourth-order valence-electron chi connectivity index (χ4n) is 3.92. The maximum absolute atomic E-state index is 5.83. The summed E-state index contributed by atoms with van der Waals surface area (Å²) < 4.78 is 13.4. The SMILES string of the molecule is CCOc1ccc(-n2nc3c(OCC)nnc(-c4ccccc4)c3c2-c2ccccc2)cc1. The lowest BCUT2D eigenvalue weighted by Crippen LogP contribution is -2.00. The highest BCUT2D eigenvalue weighted by molar-refractivity contribution is 6.04. The summed E-state index contributed by atoms with van der Waals surface area (Å²) in [6.07, 6.45) is 0. The zero-order valence-electron chi connectivity index (χ0n) is 18.6. The summed E-state index contributed by atoms with van der Waals surface area (Å²) in [7, 11) is 0. The van der Waals surface area contributed by atoms with Crippen LogP contribution in [0.15, 0.2) is 84.9 Å². The third-order valence-electron chi connectivity index (χ3n) is 5.33. The smallest absolute Gasteiger partial charge is 0.262 e. The Kier molecular flexibility index (Phi) is 5.72. The third-order valence-corrected chi connectivity index (χ3v) is 5.33. The first-order chi connectivity index (χ1) is 16.3. The van der Waals surface area contributed by atoms with Crippen molar-refractivity contribution >= 4 is 10.9 Å². The van der Waals surface area contributed by atoms with Crippen molar-refractivity contribution in [1.29, 1.82) is 0 Å². The third kappa shape index (κ3) is 3.91. The fraction of sp³-hybridized carbons (Fsp3) is 0.148. The van der Waals surface area contributed by atoms with Gasteiger partial charge in [0.25, 0.3) is 5.88 Å². The maximum atomic E-state index is 5.83. The largest absolute Gasteiger partial charge is 0.494 e. The molecule has 33 heavy (non-hydrogen) atoms. The number of aromatic nitrogens is 4. The normalized spacial score (nSPS) is 11.0. The van der Waals surface area contributed by atoms with Crippen LogP contribution < -0.4 is 9.47 Å². The minimum absolute atomic E-state index is 0.425. The van der Waals surface area contributed by atoms with Gasteiger partial charge in [-0.05, 0) is 38.1 Å². The second-order valence-corrected chi connectivity index (χ2v) is 7.43. The van der Waals surface area contributed by atoms with Crippen molar-refractivity contribution in [1.82, 2.24) is 20.0 Å². The average molecular weight is 437 g/mol. The van der Waals surface area contributed by atoms with Crippen LogP contribution >= 0.6 is 0 Å². The molecule has 6 nitrogen and oxygen atoms in total. The van der Waals surface area contributed by atoms with Crippen LogP contribution in [-0.2, 0) is 0 Å². The lowest BCUT2D eigenvalue weighted by Gasteiger charge is -2.11. The Labute approximate surface area is 192 Å². The lowest BCUT2D eigenvalue weighted by molar-refractivity contribution is 0.326. The van der Waals surface area contributed by atoms with Crippen LogP contribution in [0.4, 0.5) is 0 Å². The summed E-state index contributed by atoms with van der Waals surface area (Å²) in [4.78, 5) is 0. The molecule has 0 aliphatic rings. The molecule has 0 unspecified atom stereocenters. The van der Waals surface area contributed by atoms with E-state index in [1.165, 1.54) is 0 Å². The van der Waals surface area contributed by atoms with E-state index >= 15 is 0 Å². The quantitative estimate of drug-likeness (QED) is 0.316. The Balaban J connectivity index is 1.84. The second-order valence-electron chi connectivity index (χ2n) is 7.43. The van der Waals surface area contributed by atoms with E-state index in [0.29, 0.717) is 24.6 Å². The Morgan fingerprint density at radius 1 is 0.697 bits per heavy atom. The van der Waals surface area contributed by atoms with Crippen LogP contribution in [0.1, 0.15) is 13.8 Å². The van der Waals surface area contributed by atoms with Crippen molar-refractivity contribution in [2.45, 2.75) is 13.8 Å². The van der Waals surface area contributed by atoms with Crippen LogP contribution in [-0.4, -0.2) is 33.2 Å². The standard InChI is InChI=1S/C27H24N4O2/c1-3-32-22-17-15-21(16-18-22)31-26(20-13-9-6-10-14-20)23-24(19-11-7-5-8-12-19)28-29-27(33-4-2)25(23)30-31/h5-18H,3-4H2,1-2H3.